The molecule has 0 saturated carbocycles. The number of rotatable bonds is 6. The molecule has 0 saturated heterocycles. The molecule has 0 fully saturated rings. The van der Waals surface area contributed by atoms with Gasteiger partial charge in [-0.25, -0.2) is 4.98 Å². The number of carbonyl (C=O) groups is 2. The van der Waals surface area contributed by atoms with E-state index in [4.69, 9.17) is 9.47 Å². The molecule has 3 aromatic rings. The first-order chi connectivity index (χ1) is 15.9. The summed E-state index contributed by atoms with van der Waals surface area (Å²) in [5, 5.41) is 17.2. The lowest BCUT2D eigenvalue weighted by molar-refractivity contribution is -0.115. The van der Waals surface area contributed by atoms with Crippen molar-refractivity contribution in [2.75, 3.05) is 25.6 Å². The Morgan fingerprint density at radius 1 is 1.30 bits per heavy atom. The van der Waals surface area contributed by atoms with Crippen molar-refractivity contribution in [3.8, 4) is 28.8 Å². The molecule has 1 aliphatic heterocycles. The molecule has 1 aromatic heterocycles. The lowest BCUT2D eigenvalue weighted by Crippen LogP contribution is -2.33. The van der Waals surface area contributed by atoms with Gasteiger partial charge in [-0.2, -0.15) is 5.26 Å². The van der Waals surface area contributed by atoms with Gasteiger partial charge in [0.15, 0.2) is 5.13 Å². The maximum Gasteiger partial charge on any atom is 0.251 e. The van der Waals surface area contributed by atoms with E-state index in [2.05, 4.69) is 21.7 Å². The fourth-order valence-electron chi connectivity index (χ4n) is 3.52. The normalized spacial score (nSPS) is 16.6. The Bertz CT molecular complexity index is 1250. The lowest BCUT2D eigenvalue weighted by atomic mass is 9.78. The summed E-state index contributed by atoms with van der Waals surface area (Å²) in [5.41, 5.74) is 1.92. The minimum Gasteiger partial charge on any atom is -0.497 e. The zero-order valence-corrected chi connectivity index (χ0v) is 19.0. The van der Waals surface area contributed by atoms with E-state index in [-0.39, 0.29) is 6.54 Å². The van der Waals surface area contributed by atoms with E-state index in [1.165, 1.54) is 11.3 Å². The van der Waals surface area contributed by atoms with E-state index in [0.29, 0.717) is 35.0 Å². The highest BCUT2D eigenvalue weighted by Crippen LogP contribution is 2.38. The third-order valence-corrected chi connectivity index (χ3v) is 6.23. The molecule has 0 radical (unpaired) electrons. The number of benzene rings is 2. The summed E-state index contributed by atoms with van der Waals surface area (Å²) in [6.45, 7) is 2.08. The molecule has 0 spiro atoms. The monoisotopic (exact) mass is 462 g/mol. The maximum absolute atomic E-state index is 12.6. The molecule has 0 unspecified atom stereocenters. The van der Waals surface area contributed by atoms with Crippen LogP contribution in [0.25, 0.3) is 11.3 Å². The first kappa shape index (κ1) is 22.3. The van der Waals surface area contributed by atoms with Crippen LogP contribution >= 0.6 is 11.3 Å². The van der Waals surface area contributed by atoms with Crippen LogP contribution in [-0.2, 0) is 10.2 Å². The first-order valence-electron chi connectivity index (χ1n) is 10.3. The number of aromatic nitrogens is 1. The molecule has 2 heterocycles. The van der Waals surface area contributed by atoms with E-state index < -0.39 is 17.2 Å². The quantitative estimate of drug-likeness (QED) is 0.577. The molecule has 168 valence electrons. The topological polar surface area (TPSA) is 113 Å². The number of thiazole rings is 1. The van der Waals surface area contributed by atoms with Gasteiger partial charge in [-0.1, -0.05) is 12.1 Å². The van der Waals surface area contributed by atoms with Crippen LogP contribution in [0.3, 0.4) is 0 Å². The van der Waals surface area contributed by atoms with Gasteiger partial charge >= 0.3 is 0 Å². The van der Waals surface area contributed by atoms with Crippen molar-refractivity contribution in [2.45, 2.75) is 18.8 Å². The number of hydrogen-bond donors (Lipinski definition) is 2. The fourth-order valence-corrected chi connectivity index (χ4v) is 4.25. The second-order valence-corrected chi connectivity index (χ2v) is 8.61. The van der Waals surface area contributed by atoms with Crippen molar-refractivity contribution in [3.63, 3.8) is 0 Å². The third-order valence-electron chi connectivity index (χ3n) is 5.47. The third kappa shape index (κ3) is 4.81. The SMILES string of the molecule is COc1cccc(-c2csc(NC(=O)CNC(=O)c3ccc4c(c3)[C@@](C)(C#N)CCO4)n2)c1. The molecule has 4 rings (SSSR count). The highest BCUT2D eigenvalue weighted by atomic mass is 32.1. The van der Waals surface area contributed by atoms with Gasteiger partial charge in [0.05, 0.1) is 37.4 Å². The number of carbonyl (C=O) groups excluding carboxylic acids is 2. The second kappa shape index (κ2) is 9.30. The molecule has 33 heavy (non-hydrogen) atoms. The summed E-state index contributed by atoms with van der Waals surface area (Å²) in [4.78, 5) is 29.4. The molecule has 1 atom stereocenters. The summed E-state index contributed by atoms with van der Waals surface area (Å²) in [5.74, 6) is 0.529. The smallest absolute Gasteiger partial charge is 0.251 e. The van der Waals surface area contributed by atoms with Crippen molar-refractivity contribution in [3.05, 3.63) is 59.0 Å². The summed E-state index contributed by atoms with van der Waals surface area (Å²) < 4.78 is 10.8. The standard InChI is InChI=1S/C24H22N4O4S/c1-24(14-25)8-9-32-20-7-6-16(11-18(20)24)22(30)26-12-21(29)28-23-27-19(13-33-23)15-4-3-5-17(10-15)31-2/h3-7,10-11,13H,8-9,12H2,1-2H3,(H,26,30)(H,27,28,29)/t24-/m1/s1. The lowest BCUT2D eigenvalue weighted by Gasteiger charge is -2.30. The van der Waals surface area contributed by atoms with Gasteiger partial charge in [-0.05, 0) is 37.3 Å². The predicted octanol–water partition coefficient (Wildman–Crippen LogP) is 3.75. The number of nitrogens with zero attached hydrogens (tertiary/aromatic N) is 2. The molecule has 2 N–H and O–H groups in total. The van der Waals surface area contributed by atoms with Gasteiger partial charge in [0.25, 0.3) is 5.91 Å². The van der Waals surface area contributed by atoms with Crippen LogP contribution < -0.4 is 20.1 Å². The highest BCUT2D eigenvalue weighted by Gasteiger charge is 2.34. The molecular formula is C24H22N4O4S. The van der Waals surface area contributed by atoms with Crippen LogP contribution in [0.4, 0.5) is 5.13 Å². The number of nitriles is 1. The summed E-state index contributed by atoms with van der Waals surface area (Å²) in [7, 11) is 1.60. The van der Waals surface area contributed by atoms with Gasteiger partial charge in [0.1, 0.15) is 11.5 Å². The largest absolute Gasteiger partial charge is 0.497 e. The van der Waals surface area contributed by atoms with Crippen molar-refractivity contribution < 1.29 is 19.1 Å². The van der Waals surface area contributed by atoms with Crippen LogP contribution in [0, 0.1) is 11.3 Å². The van der Waals surface area contributed by atoms with Gasteiger partial charge in [0.2, 0.25) is 5.91 Å². The van der Waals surface area contributed by atoms with Gasteiger partial charge < -0.3 is 20.1 Å². The first-order valence-corrected chi connectivity index (χ1v) is 11.2. The molecule has 8 nitrogen and oxygen atoms in total. The number of fused-ring (bicyclic) bond motifs is 1. The van der Waals surface area contributed by atoms with E-state index in [1.807, 2.05) is 36.6 Å². The molecule has 0 bridgehead atoms. The van der Waals surface area contributed by atoms with Gasteiger partial charge in [-0.3, -0.25) is 9.59 Å². The van der Waals surface area contributed by atoms with E-state index in [1.54, 1.807) is 25.3 Å². The van der Waals surface area contributed by atoms with Crippen LogP contribution in [-0.4, -0.2) is 37.1 Å². The van der Waals surface area contributed by atoms with Crippen molar-refractivity contribution >= 4 is 28.3 Å². The Hall–Kier alpha value is -3.90. The van der Waals surface area contributed by atoms with E-state index in [0.717, 1.165) is 17.0 Å². The van der Waals surface area contributed by atoms with Gasteiger partial charge in [-0.15, -0.1) is 11.3 Å². The molecule has 2 amide bonds. The minimum absolute atomic E-state index is 0.212. The Labute approximate surface area is 195 Å². The number of anilines is 1. The van der Waals surface area contributed by atoms with Crippen molar-refractivity contribution in [1.82, 2.24) is 10.3 Å². The van der Waals surface area contributed by atoms with Crippen LogP contribution in [0.1, 0.15) is 29.3 Å². The summed E-state index contributed by atoms with van der Waals surface area (Å²) >= 11 is 1.29. The minimum atomic E-state index is -0.716. The number of hydrogen-bond acceptors (Lipinski definition) is 7. The van der Waals surface area contributed by atoms with E-state index >= 15 is 0 Å². The number of ether oxygens (including phenoxy) is 2. The zero-order valence-electron chi connectivity index (χ0n) is 18.2. The van der Waals surface area contributed by atoms with E-state index in [9.17, 15) is 14.9 Å². The Balaban J connectivity index is 1.37. The molecule has 1 aliphatic rings. The maximum atomic E-state index is 12.6. The van der Waals surface area contributed by atoms with Crippen LogP contribution in [0.15, 0.2) is 47.8 Å². The average Bonchev–Trinajstić information content (AvgIpc) is 3.31. The van der Waals surface area contributed by atoms with Crippen molar-refractivity contribution in [2.24, 2.45) is 0 Å². The van der Waals surface area contributed by atoms with Crippen molar-refractivity contribution in [1.29, 1.82) is 5.26 Å². The molecule has 9 heteroatoms. The van der Waals surface area contributed by atoms with Crippen LogP contribution in [0.2, 0.25) is 0 Å². The highest BCUT2D eigenvalue weighted by molar-refractivity contribution is 7.14. The molecular weight excluding hydrogens is 440 g/mol. The Morgan fingerprint density at radius 2 is 2.15 bits per heavy atom. The fraction of sp³-hybridized carbons (Fsp3) is 0.250. The summed E-state index contributed by atoms with van der Waals surface area (Å²) in [6, 6.07) is 14.8. The predicted molar refractivity (Wildman–Crippen MR) is 125 cm³/mol. The zero-order chi connectivity index (χ0) is 23.4. The number of methoxy groups -OCH3 is 1. The molecule has 0 aliphatic carbocycles. The van der Waals surface area contributed by atoms with Gasteiger partial charge in [0, 0.05) is 28.5 Å². The summed E-state index contributed by atoms with van der Waals surface area (Å²) in [6.07, 6.45) is 0.551. The Kier molecular flexibility index (Phi) is 6.29. The second-order valence-electron chi connectivity index (χ2n) is 7.75. The average molecular weight is 463 g/mol. The Morgan fingerprint density at radius 3 is 2.94 bits per heavy atom. The number of amides is 2. The van der Waals surface area contributed by atoms with Crippen LogP contribution in [0.5, 0.6) is 11.5 Å². The number of nitrogens with one attached hydrogen (secondary N) is 2. The molecule has 2 aromatic carbocycles.